The Morgan fingerprint density at radius 2 is 2.04 bits per heavy atom. The molecule has 0 spiro atoms. The van der Waals surface area contributed by atoms with Crippen molar-refractivity contribution in [3.05, 3.63) is 35.1 Å². The fraction of sp³-hybridized carbons (Fsp3) is 0.588. The van der Waals surface area contributed by atoms with Gasteiger partial charge in [0.25, 0.3) is 0 Å². The van der Waals surface area contributed by atoms with Crippen LogP contribution in [0, 0.1) is 11.2 Å². The lowest BCUT2D eigenvalue weighted by Gasteiger charge is -2.16. The van der Waals surface area contributed by atoms with E-state index in [2.05, 4.69) is 15.6 Å². The molecule has 0 saturated heterocycles. The van der Waals surface area contributed by atoms with Gasteiger partial charge in [-0.15, -0.1) is 0 Å². The lowest BCUT2D eigenvalue weighted by molar-refractivity contribution is 0.212. The summed E-state index contributed by atoms with van der Waals surface area (Å²) in [6.07, 6.45) is 3.12. The highest BCUT2D eigenvalue weighted by Gasteiger charge is 2.41. The molecule has 3 N–H and O–H groups in total. The van der Waals surface area contributed by atoms with Gasteiger partial charge in [-0.1, -0.05) is 6.07 Å². The molecule has 0 atom stereocenters. The molecule has 25 heavy (non-hydrogen) atoms. The van der Waals surface area contributed by atoms with E-state index in [4.69, 9.17) is 0 Å². The molecule has 0 aliphatic heterocycles. The van der Waals surface area contributed by atoms with Crippen LogP contribution in [0.3, 0.4) is 0 Å². The summed E-state index contributed by atoms with van der Waals surface area (Å²) in [4.78, 5) is 4.43. The Bertz CT molecular complexity index is 731. The normalized spacial score (nSPS) is 16.6. The Morgan fingerprint density at radius 1 is 1.32 bits per heavy atom. The van der Waals surface area contributed by atoms with E-state index in [0.717, 1.165) is 19.1 Å². The lowest BCUT2D eigenvalue weighted by Crippen LogP contribution is -2.41. The number of hydrogen-bond acceptors (Lipinski definition) is 4. The summed E-state index contributed by atoms with van der Waals surface area (Å²) in [5.41, 5.74) is 1.04. The Labute approximate surface area is 148 Å². The largest absolute Gasteiger partial charge is 0.396 e. The first-order chi connectivity index (χ1) is 11.8. The van der Waals surface area contributed by atoms with Crippen molar-refractivity contribution in [1.29, 1.82) is 0 Å². The second-order valence-electron chi connectivity index (χ2n) is 6.69. The smallest absolute Gasteiger partial charge is 0.191 e. The molecule has 0 radical (unpaired) electrons. The van der Waals surface area contributed by atoms with Gasteiger partial charge in [0.15, 0.2) is 15.8 Å². The van der Waals surface area contributed by atoms with Gasteiger partial charge in [-0.2, -0.15) is 0 Å². The standard InChI is InChI=1S/C17H26FN3O3S/c1-3-19-16(21-11-17(12-22)6-7-17)20-9-14-8-15(18)5-4-13(14)10-25(2,23)24/h4-5,8,22H,3,6-7,9-12H2,1-2H3,(H2,19,20,21). The van der Waals surface area contributed by atoms with Gasteiger partial charge in [0.05, 0.1) is 18.9 Å². The maximum Gasteiger partial charge on any atom is 0.191 e. The third-order valence-electron chi connectivity index (χ3n) is 4.26. The quantitative estimate of drug-likeness (QED) is 0.472. The van der Waals surface area contributed by atoms with Crippen LogP contribution >= 0.6 is 0 Å². The van der Waals surface area contributed by atoms with Crippen LogP contribution in [0.4, 0.5) is 4.39 Å². The van der Waals surface area contributed by atoms with E-state index >= 15 is 0 Å². The van der Waals surface area contributed by atoms with E-state index < -0.39 is 15.7 Å². The van der Waals surface area contributed by atoms with Crippen LogP contribution in [0.5, 0.6) is 0 Å². The Balaban J connectivity index is 2.11. The van der Waals surface area contributed by atoms with Crippen molar-refractivity contribution in [1.82, 2.24) is 10.6 Å². The van der Waals surface area contributed by atoms with Crippen LogP contribution in [0.25, 0.3) is 0 Å². The molecule has 6 nitrogen and oxygen atoms in total. The molecule has 8 heteroatoms. The number of aliphatic hydroxyl groups excluding tert-OH is 1. The molecular weight excluding hydrogens is 345 g/mol. The molecule has 140 valence electrons. The molecule has 1 aromatic rings. The summed E-state index contributed by atoms with van der Waals surface area (Å²) < 4.78 is 36.7. The number of nitrogens with one attached hydrogen (secondary N) is 2. The zero-order chi connectivity index (χ0) is 18.5. The Kier molecular flexibility index (Phi) is 6.40. The maximum absolute atomic E-state index is 13.6. The zero-order valence-electron chi connectivity index (χ0n) is 14.7. The first-order valence-electron chi connectivity index (χ1n) is 8.35. The molecular formula is C17H26FN3O3S. The van der Waals surface area contributed by atoms with Crippen LogP contribution in [0.1, 0.15) is 30.9 Å². The number of guanidine groups is 1. The molecule has 0 aromatic heterocycles. The Hall–Kier alpha value is -1.67. The Morgan fingerprint density at radius 3 is 2.60 bits per heavy atom. The van der Waals surface area contributed by atoms with Gasteiger partial charge in [-0.05, 0) is 43.0 Å². The second kappa shape index (κ2) is 8.14. The minimum absolute atomic E-state index is 0.0590. The predicted octanol–water partition coefficient (Wildman–Crippen LogP) is 1.20. The molecule has 2 rings (SSSR count). The first kappa shape index (κ1) is 19.7. The average molecular weight is 371 g/mol. The molecule has 1 aromatic carbocycles. The molecule has 0 unspecified atom stereocenters. The lowest BCUT2D eigenvalue weighted by atomic mass is 10.1. The maximum atomic E-state index is 13.6. The number of aliphatic imine (C=N–C) groups is 1. The van der Waals surface area contributed by atoms with Gasteiger partial charge in [-0.25, -0.2) is 17.8 Å². The molecule has 1 aliphatic rings. The minimum atomic E-state index is -3.22. The van der Waals surface area contributed by atoms with Crippen LogP contribution in [0.2, 0.25) is 0 Å². The predicted molar refractivity (Wildman–Crippen MR) is 96.5 cm³/mol. The van der Waals surface area contributed by atoms with Crippen molar-refractivity contribution in [2.45, 2.75) is 32.1 Å². The highest BCUT2D eigenvalue weighted by molar-refractivity contribution is 7.89. The van der Waals surface area contributed by atoms with E-state index in [-0.39, 0.29) is 24.3 Å². The van der Waals surface area contributed by atoms with Crippen molar-refractivity contribution in [3.8, 4) is 0 Å². The van der Waals surface area contributed by atoms with Crippen molar-refractivity contribution < 1.29 is 17.9 Å². The summed E-state index contributed by atoms with van der Waals surface area (Å²) in [6.45, 7) is 3.53. The van der Waals surface area contributed by atoms with Gasteiger partial charge in [-0.3, -0.25) is 0 Å². The summed E-state index contributed by atoms with van der Waals surface area (Å²) in [5, 5.41) is 15.7. The summed E-state index contributed by atoms with van der Waals surface area (Å²) in [6, 6.07) is 4.07. The van der Waals surface area contributed by atoms with Gasteiger partial charge in [0.1, 0.15) is 5.82 Å². The average Bonchev–Trinajstić information content (AvgIpc) is 3.32. The zero-order valence-corrected chi connectivity index (χ0v) is 15.5. The minimum Gasteiger partial charge on any atom is -0.396 e. The third-order valence-corrected chi connectivity index (χ3v) is 5.10. The van der Waals surface area contributed by atoms with E-state index in [9.17, 15) is 17.9 Å². The number of halogens is 1. The number of sulfone groups is 1. The highest BCUT2D eigenvalue weighted by Crippen LogP contribution is 2.44. The SMILES string of the molecule is CCNC(=NCc1cc(F)ccc1CS(C)(=O)=O)NCC1(CO)CC1. The summed E-state index contributed by atoms with van der Waals surface area (Å²) in [7, 11) is -3.22. The number of aliphatic hydroxyl groups is 1. The number of nitrogens with zero attached hydrogens (tertiary/aromatic N) is 1. The van der Waals surface area contributed by atoms with Gasteiger partial charge in [0, 0.05) is 24.8 Å². The number of hydrogen-bond donors (Lipinski definition) is 3. The monoisotopic (exact) mass is 371 g/mol. The van der Waals surface area contributed by atoms with Gasteiger partial charge in [0.2, 0.25) is 0 Å². The second-order valence-corrected chi connectivity index (χ2v) is 8.83. The van der Waals surface area contributed by atoms with Crippen molar-refractivity contribution in [2.24, 2.45) is 10.4 Å². The molecule has 0 amide bonds. The van der Waals surface area contributed by atoms with Crippen LogP contribution in [-0.4, -0.2) is 45.4 Å². The topological polar surface area (TPSA) is 90.8 Å². The fourth-order valence-corrected chi connectivity index (χ4v) is 3.36. The fourth-order valence-electron chi connectivity index (χ4n) is 2.51. The third kappa shape index (κ3) is 6.28. The molecule has 0 bridgehead atoms. The molecule has 0 heterocycles. The van der Waals surface area contributed by atoms with Crippen LogP contribution < -0.4 is 10.6 Å². The number of rotatable bonds is 8. The summed E-state index contributed by atoms with van der Waals surface area (Å²) in [5.74, 6) is 0.00448. The van der Waals surface area contributed by atoms with Gasteiger partial charge < -0.3 is 15.7 Å². The molecule has 1 saturated carbocycles. The van der Waals surface area contributed by atoms with Crippen LogP contribution in [-0.2, 0) is 22.1 Å². The summed E-state index contributed by atoms with van der Waals surface area (Å²) >= 11 is 0. The molecule has 1 fully saturated rings. The van der Waals surface area contributed by atoms with E-state index in [1.54, 1.807) is 0 Å². The highest BCUT2D eigenvalue weighted by atomic mass is 32.2. The van der Waals surface area contributed by atoms with E-state index in [0.29, 0.717) is 30.2 Å². The first-order valence-corrected chi connectivity index (χ1v) is 10.4. The van der Waals surface area contributed by atoms with Crippen LogP contribution in [0.15, 0.2) is 23.2 Å². The van der Waals surface area contributed by atoms with Crippen molar-refractivity contribution in [3.63, 3.8) is 0 Å². The number of benzene rings is 1. The molecule has 1 aliphatic carbocycles. The van der Waals surface area contributed by atoms with Gasteiger partial charge >= 0.3 is 0 Å². The van der Waals surface area contributed by atoms with E-state index in [1.807, 2.05) is 6.92 Å². The van der Waals surface area contributed by atoms with E-state index in [1.165, 1.54) is 18.2 Å². The van der Waals surface area contributed by atoms with Crippen molar-refractivity contribution in [2.75, 3.05) is 26.0 Å². The van der Waals surface area contributed by atoms with Crippen molar-refractivity contribution >= 4 is 15.8 Å².